The molecule has 0 aromatic heterocycles. The van der Waals surface area contributed by atoms with E-state index in [2.05, 4.69) is 0 Å². The molecule has 0 spiro atoms. The standard InChI is InChI=1S/C8H13NO/c1-2-7-5-3-4-6-8(7,9)10/h3-7,10H,2,9H2,1H3. The minimum absolute atomic E-state index is 0.0671. The second-order valence-electron chi connectivity index (χ2n) is 2.65. The van der Waals surface area contributed by atoms with Gasteiger partial charge in [-0.15, -0.1) is 0 Å². The minimum Gasteiger partial charge on any atom is -0.372 e. The Kier molecular flexibility index (Phi) is 1.92. The summed E-state index contributed by atoms with van der Waals surface area (Å²) < 4.78 is 0. The summed E-state index contributed by atoms with van der Waals surface area (Å²) in [6, 6.07) is 0. The van der Waals surface area contributed by atoms with Gasteiger partial charge in [0.05, 0.1) is 0 Å². The first kappa shape index (κ1) is 7.51. The molecule has 0 amide bonds. The van der Waals surface area contributed by atoms with E-state index in [-0.39, 0.29) is 5.92 Å². The number of allylic oxidation sites excluding steroid dienone is 2. The maximum Gasteiger partial charge on any atom is 0.139 e. The molecule has 0 bridgehead atoms. The lowest BCUT2D eigenvalue weighted by atomic mass is 9.90. The zero-order valence-electron chi connectivity index (χ0n) is 6.12. The molecule has 0 heterocycles. The number of aliphatic hydroxyl groups is 1. The van der Waals surface area contributed by atoms with E-state index in [1.807, 2.05) is 19.1 Å². The molecular formula is C8H13NO. The summed E-state index contributed by atoms with van der Waals surface area (Å²) in [5.41, 5.74) is 4.43. The Labute approximate surface area is 61.0 Å². The van der Waals surface area contributed by atoms with E-state index in [1.165, 1.54) is 0 Å². The molecule has 1 aliphatic carbocycles. The molecule has 2 heteroatoms. The number of hydrogen-bond donors (Lipinski definition) is 2. The van der Waals surface area contributed by atoms with Crippen molar-refractivity contribution in [2.45, 2.75) is 19.1 Å². The third-order valence-electron chi connectivity index (χ3n) is 1.85. The third-order valence-corrected chi connectivity index (χ3v) is 1.85. The monoisotopic (exact) mass is 139 g/mol. The van der Waals surface area contributed by atoms with Crippen molar-refractivity contribution in [3.8, 4) is 0 Å². The van der Waals surface area contributed by atoms with Crippen LogP contribution in [0.5, 0.6) is 0 Å². The summed E-state index contributed by atoms with van der Waals surface area (Å²) in [6.45, 7) is 2.01. The molecule has 2 nitrogen and oxygen atoms in total. The Morgan fingerprint density at radius 3 is 2.70 bits per heavy atom. The van der Waals surface area contributed by atoms with Gasteiger partial charge in [0.15, 0.2) is 0 Å². The van der Waals surface area contributed by atoms with Gasteiger partial charge in [0.1, 0.15) is 5.72 Å². The molecule has 2 atom stereocenters. The van der Waals surface area contributed by atoms with E-state index in [0.29, 0.717) is 0 Å². The van der Waals surface area contributed by atoms with Gasteiger partial charge in [-0.2, -0.15) is 0 Å². The molecular weight excluding hydrogens is 126 g/mol. The maximum atomic E-state index is 9.47. The highest BCUT2D eigenvalue weighted by Crippen LogP contribution is 2.21. The molecule has 0 fully saturated rings. The lowest BCUT2D eigenvalue weighted by molar-refractivity contribution is 0.0513. The first-order valence-corrected chi connectivity index (χ1v) is 3.54. The second kappa shape index (κ2) is 2.56. The molecule has 2 unspecified atom stereocenters. The van der Waals surface area contributed by atoms with Crippen LogP contribution in [0.2, 0.25) is 0 Å². The van der Waals surface area contributed by atoms with Gasteiger partial charge in [0.25, 0.3) is 0 Å². The van der Waals surface area contributed by atoms with Crippen LogP contribution in [0, 0.1) is 5.92 Å². The molecule has 0 aromatic rings. The van der Waals surface area contributed by atoms with E-state index in [1.54, 1.807) is 12.2 Å². The van der Waals surface area contributed by atoms with Crippen LogP contribution in [0.1, 0.15) is 13.3 Å². The molecule has 1 rings (SSSR count). The fourth-order valence-electron chi connectivity index (χ4n) is 1.15. The summed E-state index contributed by atoms with van der Waals surface area (Å²) in [5.74, 6) is 0.0671. The van der Waals surface area contributed by atoms with Gasteiger partial charge in [0, 0.05) is 5.92 Å². The summed E-state index contributed by atoms with van der Waals surface area (Å²) in [4.78, 5) is 0. The van der Waals surface area contributed by atoms with Gasteiger partial charge in [0.2, 0.25) is 0 Å². The molecule has 1 aliphatic rings. The van der Waals surface area contributed by atoms with Crippen molar-refractivity contribution in [2.24, 2.45) is 11.7 Å². The van der Waals surface area contributed by atoms with Gasteiger partial charge >= 0.3 is 0 Å². The van der Waals surface area contributed by atoms with E-state index >= 15 is 0 Å². The fraction of sp³-hybridized carbons (Fsp3) is 0.500. The second-order valence-corrected chi connectivity index (χ2v) is 2.65. The van der Waals surface area contributed by atoms with E-state index in [4.69, 9.17) is 5.73 Å². The summed E-state index contributed by atoms with van der Waals surface area (Å²) in [5, 5.41) is 9.47. The predicted molar refractivity (Wildman–Crippen MR) is 41.2 cm³/mol. The number of nitrogens with two attached hydrogens (primary N) is 1. The van der Waals surface area contributed by atoms with Gasteiger partial charge in [-0.05, 0) is 12.5 Å². The van der Waals surface area contributed by atoms with Gasteiger partial charge in [-0.3, -0.25) is 5.73 Å². The van der Waals surface area contributed by atoms with Crippen LogP contribution in [0.25, 0.3) is 0 Å². The lowest BCUT2D eigenvalue weighted by Gasteiger charge is -2.28. The molecule has 0 aliphatic heterocycles. The van der Waals surface area contributed by atoms with Crippen LogP contribution in [-0.4, -0.2) is 10.8 Å². The van der Waals surface area contributed by atoms with Crippen LogP contribution in [0.4, 0.5) is 0 Å². The van der Waals surface area contributed by atoms with Gasteiger partial charge in [-0.25, -0.2) is 0 Å². The molecule has 3 N–H and O–H groups in total. The quantitative estimate of drug-likeness (QED) is 0.527. The van der Waals surface area contributed by atoms with Crippen LogP contribution in [0.3, 0.4) is 0 Å². The Morgan fingerprint density at radius 1 is 1.60 bits per heavy atom. The highest BCUT2D eigenvalue weighted by Gasteiger charge is 2.27. The molecule has 10 heavy (non-hydrogen) atoms. The molecule has 0 saturated heterocycles. The zero-order chi connectivity index (χ0) is 7.61. The Bertz CT molecular complexity index is 170. The SMILES string of the molecule is CCC1C=CC=CC1(N)O. The minimum atomic E-state index is -1.12. The van der Waals surface area contributed by atoms with Crippen molar-refractivity contribution in [1.82, 2.24) is 0 Å². The lowest BCUT2D eigenvalue weighted by Crippen LogP contribution is -2.45. The first-order chi connectivity index (χ1) is 4.67. The van der Waals surface area contributed by atoms with Gasteiger partial charge in [-0.1, -0.05) is 25.2 Å². The highest BCUT2D eigenvalue weighted by molar-refractivity contribution is 5.19. The van der Waals surface area contributed by atoms with Crippen LogP contribution >= 0.6 is 0 Å². The first-order valence-electron chi connectivity index (χ1n) is 3.54. The molecule has 0 radical (unpaired) electrons. The molecule has 0 saturated carbocycles. The maximum absolute atomic E-state index is 9.47. The van der Waals surface area contributed by atoms with Crippen LogP contribution in [0.15, 0.2) is 24.3 Å². The Hall–Kier alpha value is -0.600. The molecule has 0 aromatic carbocycles. The topological polar surface area (TPSA) is 46.2 Å². The van der Waals surface area contributed by atoms with Crippen molar-refractivity contribution in [1.29, 1.82) is 0 Å². The largest absolute Gasteiger partial charge is 0.372 e. The number of hydrogen-bond acceptors (Lipinski definition) is 2. The van der Waals surface area contributed by atoms with Crippen molar-refractivity contribution in [2.75, 3.05) is 0 Å². The van der Waals surface area contributed by atoms with E-state index in [9.17, 15) is 5.11 Å². The normalized spacial score (nSPS) is 38.5. The van der Waals surface area contributed by atoms with Gasteiger partial charge < -0.3 is 5.11 Å². The number of rotatable bonds is 1. The fourth-order valence-corrected chi connectivity index (χ4v) is 1.15. The summed E-state index contributed by atoms with van der Waals surface area (Å²) in [6.07, 6.45) is 8.11. The Balaban J connectivity index is 2.74. The predicted octanol–water partition coefficient (Wildman–Crippen LogP) is 0.786. The van der Waals surface area contributed by atoms with Crippen LogP contribution < -0.4 is 5.73 Å². The van der Waals surface area contributed by atoms with Crippen molar-refractivity contribution in [3.63, 3.8) is 0 Å². The van der Waals surface area contributed by atoms with E-state index in [0.717, 1.165) is 6.42 Å². The smallest absolute Gasteiger partial charge is 0.139 e. The van der Waals surface area contributed by atoms with Crippen molar-refractivity contribution < 1.29 is 5.11 Å². The third kappa shape index (κ3) is 1.28. The Morgan fingerprint density at radius 2 is 2.30 bits per heavy atom. The van der Waals surface area contributed by atoms with E-state index < -0.39 is 5.72 Å². The highest BCUT2D eigenvalue weighted by atomic mass is 16.3. The average molecular weight is 139 g/mol. The zero-order valence-corrected chi connectivity index (χ0v) is 6.12. The summed E-state index contributed by atoms with van der Waals surface area (Å²) in [7, 11) is 0. The van der Waals surface area contributed by atoms with Crippen molar-refractivity contribution >= 4 is 0 Å². The van der Waals surface area contributed by atoms with Crippen LogP contribution in [-0.2, 0) is 0 Å². The molecule has 56 valence electrons. The van der Waals surface area contributed by atoms with Crippen molar-refractivity contribution in [3.05, 3.63) is 24.3 Å². The average Bonchev–Trinajstić information content (AvgIpc) is 1.87. The summed E-state index contributed by atoms with van der Waals surface area (Å²) >= 11 is 0.